The molecular weight excluding hydrogens is 226 g/mol. The van der Waals surface area contributed by atoms with Gasteiger partial charge in [0.1, 0.15) is 0 Å². The lowest BCUT2D eigenvalue weighted by Crippen LogP contribution is -2.32. The van der Waals surface area contributed by atoms with Crippen LogP contribution < -0.4 is 0 Å². The molecule has 2 aromatic rings. The molecule has 4 nitrogen and oxygen atoms in total. The van der Waals surface area contributed by atoms with Gasteiger partial charge in [0.15, 0.2) is 0 Å². The molecule has 1 aromatic heterocycles. The summed E-state index contributed by atoms with van der Waals surface area (Å²) in [6.45, 7) is 5.37. The monoisotopic (exact) mass is 243 g/mol. The Kier molecular flexibility index (Phi) is 3.02. The molecule has 94 valence electrons. The van der Waals surface area contributed by atoms with Crippen LogP contribution in [0.4, 0.5) is 0 Å². The Labute approximate surface area is 106 Å². The summed E-state index contributed by atoms with van der Waals surface area (Å²) < 4.78 is 5.31. The maximum Gasteiger partial charge on any atom is 0.0659 e. The molecule has 0 saturated carbocycles. The third-order valence-electron chi connectivity index (χ3n) is 3.28. The number of rotatable bonds is 2. The van der Waals surface area contributed by atoms with Crippen molar-refractivity contribution in [2.75, 3.05) is 26.3 Å². The Hall–Kier alpha value is -1.81. The predicted octanol–water partition coefficient (Wildman–Crippen LogP) is 2.14. The van der Waals surface area contributed by atoms with Crippen LogP contribution in [0.15, 0.2) is 29.4 Å². The number of para-hydroxylation sites is 1. The minimum atomic E-state index is 0.768. The lowest BCUT2D eigenvalue weighted by Gasteiger charge is -2.23. The zero-order chi connectivity index (χ0) is 12.4. The van der Waals surface area contributed by atoms with E-state index < -0.39 is 0 Å². The number of morpholine rings is 1. The second-order valence-electron chi connectivity index (χ2n) is 4.52. The molecule has 0 radical (unpaired) electrons. The average Bonchev–Trinajstić information content (AvgIpc) is 2.73. The van der Waals surface area contributed by atoms with Gasteiger partial charge < -0.3 is 9.72 Å². The Balaban J connectivity index is 1.89. The van der Waals surface area contributed by atoms with Gasteiger partial charge in [-0.05, 0) is 13.0 Å². The molecule has 1 fully saturated rings. The molecule has 1 aliphatic heterocycles. The summed E-state index contributed by atoms with van der Waals surface area (Å²) in [6, 6.07) is 8.32. The highest BCUT2D eigenvalue weighted by Gasteiger charge is 2.08. The molecule has 4 heteroatoms. The first-order chi connectivity index (χ1) is 8.84. The molecule has 1 aliphatic rings. The highest BCUT2D eigenvalue weighted by molar-refractivity contribution is 6.00. The second-order valence-corrected chi connectivity index (χ2v) is 4.52. The zero-order valence-electron chi connectivity index (χ0n) is 10.5. The van der Waals surface area contributed by atoms with Gasteiger partial charge in [-0.15, -0.1) is 0 Å². The van der Waals surface area contributed by atoms with Gasteiger partial charge >= 0.3 is 0 Å². The molecule has 0 atom stereocenters. The van der Waals surface area contributed by atoms with E-state index in [-0.39, 0.29) is 0 Å². The second kappa shape index (κ2) is 4.82. The number of ether oxygens (including phenoxy) is 1. The summed E-state index contributed by atoms with van der Waals surface area (Å²) in [5.41, 5.74) is 3.50. The lowest BCUT2D eigenvalue weighted by atomic mass is 10.1. The van der Waals surface area contributed by atoms with Gasteiger partial charge in [0, 0.05) is 22.2 Å². The number of hydrogen-bond acceptors (Lipinski definition) is 3. The van der Waals surface area contributed by atoms with Crippen molar-refractivity contribution in [1.29, 1.82) is 0 Å². The summed E-state index contributed by atoms with van der Waals surface area (Å²) in [5.74, 6) is 0. The Morgan fingerprint density at radius 1 is 1.28 bits per heavy atom. The highest BCUT2D eigenvalue weighted by atomic mass is 16.5. The molecule has 0 aliphatic carbocycles. The van der Waals surface area contributed by atoms with Crippen LogP contribution in [-0.2, 0) is 4.74 Å². The number of hydrogen-bond donors (Lipinski definition) is 1. The van der Waals surface area contributed by atoms with Crippen molar-refractivity contribution in [2.45, 2.75) is 6.92 Å². The van der Waals surface area contributed by atoms with E-state index in [2.05, 4.69) is 40.2 Å². The quantitative estimate of drug-likeness (QED) is 0.821. The number of aromatic nitrogens is 1. The maximum absolute atomic E-state index is 5.31. The van der Waals surface area contributed by atoms with E-state index in [0.29, 0.717) is 0 Å². The van der Waals surface area contributed by atoms with Crippen LogP contribution in [0.3, 0.4) is 0 Å². The van der Waals surface area contributed by atoms with Crippen LogP contribution in [0.1, 0.15) is 11.3 Å². The van der Waals surface area contributed by atoms with Crippen molar-refractivity contribution in [2.24, 2.45) is 5.10 Å². The standard InChI is InChI=1S/C14H17N3O/c1-11-13(10-15-17-6-8-18-9-7-17)12-4-2-3-5-14(12)16-11/h2-5,10,16H,6-9H2,1H3/b15-10-. The molecular formula is C14H17N3O. The third-order valence-corrected chi connectivity index (χ3v) is 3.28. The molecule has 0 bridgehead atoms. The van der Waals surface area contributed by atoms with E-state index in [1.165, 1.54) is 16.5 Å². The maximum atomic E-state index is 5.31. The van der Waals surface area contributed by atoms with E-state index in [4.69, 9.17) is 4.74 Å². The fraction of sp³-hybridized carbons (Fsp3) is 0.357. The van der Waals surface area contributed by atoms with Gasteiger partial charge in [0.05, 0.1) is 32.5 Å². The molecule has 0 unspecified atom stereocenters. The number of H-pyrrole nitrogens is 1. The largest absolute Gasteiger partial charge is 0.378 e. The van der Waals surface area contributed by atoms with Crippen molar-refractivity contribution >= 4 is 17.1 Å². The van der Waals surface area contributed by atoms with Gasteiger partial charge in [-0.3, -0.25) is 5.01 Å². The summed E-state index contributed by atoms with van der Waals surface area (Å²) in [6.07, 6.45) is 1.96. The van der Waals surface area contributed by atoms with Gasteiger partial charge in [0.2, 0.25) is 0 Å². The first-order valence-electron chi connectivity index (χ1n) is 6.28. The lowest BCUT2D eigenvalue weighted by molar-refractivity contribution is 0.0397. The van der Waals surface area contributed by atoms with Crippen LogP contribution in [0.5, 0.6) is 0 Å². The summed E-state index contributed by atoms with van der Waals surface area (Å²) >= 11 is 0. The van der Waals surface area contributed by atoms with Crippen molar-refractivity contribution in [1.82, 2.24) is 9.99 Å². The first kappa shape index (κ1) is 11.3. The topological polar surface area (TPSA) is 40.6 Å². The first-order valence-corrected chi connectivity index (χ1v) is 6.28. The number of fused-ring (bicyclic) bond motifs is 1. The molecule has 2 heterocycles. The smallest absolute Gasteiger partial charge is 0.0659 e. The fourth-order valence-electron chi connectivity index (χ4n) is 2.27. The molecule has 3 rings (SSSR count). The van der Waals surface area contributed by atoms with Gasteiger partial charge in [-0.2, -0.15) is 5.10 Å². The number of nitrogens with one attached hydrogen (secondary N) is 1. The van der Waals surface area contributed by atoms with Crippen molar-refractivity contribution < 1.29 is 4.74 Å². The number of nitrogens with zero attached hydrogens (tertiary/aromatic N) is 2. The van der Waals surface area contributed by atoms with E-state index in [1.54, 1.807) is 0 Å². The highest BCUT2D eigenvalue weighted by Crippen LogP contribution is 2.20. The van der Waals surface area contributed by atoms with E-state index >= 15 is 0 Å². The molecule has 0 spiro atoms. The van der Waals surface area contributed by atoms with Gasteiger partial charge in [-0.1, -0.05) is 18.2 Å². The molecule has 0 amide bonds. The number of benzene rings is 1. The normalized spacial score (nSPS) is 16.8. The zero-order valence-corrected chi connectivity index (χ0v) is 10.5. The molecule has 1 aromatic carbocycles. The molecule has 18 heavy (non-hydrogen) atoms. The van der Waals surface area contributed by atoms with Crippen molar-refractivity contribution in [3.05, 3.63) is 35.5 Å². The minimum absolute atomic E-state index is 0.768. The van der Waals surface area contributed by atoms with Crippen LogP contribution in [0.2, 0.25) is 0 Å². The van der Waals surface area contributed by atoms with E-state index in [9.17, 15) is 0 Å². The SMILES string of the molecule is Cc1[nH]c2ccccc2c1/C=N\N1CCOCC1. The number of hydrazone groups is 1. The van der Waals surface area contributed by atoms with Gasteiger partial charge in [0.25, 0.3) is 0 Å². The Bertz CT molecular complexity index is 567. The van der Waals surface area contributed by atoms with Crippen LogP contribution in [0.25, 0.3) is 10.9 Å². The van der Waals surface area contributed by atoms with Crippen LogP contribution >= 0.6 is 0 Å². The summed E-state index contributed by atoms with van der Waals surface area (Å²) in [7, 11) is 0. The number of aryl methyl sites for hydroxylation is 1. The van der Waals surface area contributed by atoms with Crippen LogP contribution in [-0.4, -0.2) is 42.5 Å². The van der Waals surface area contributed by atoms with Crippen LogP contribution in [0, 0.1) is 6.92 Å². The summed E-state index contributed by atoms with van der Waals surface area (Å²) in [5, 5.41) is 7.83. The van der Waals surface area contributed by atoms with E-state index in [1.807, 2.05) is 12.3 Å². The molecule has 1 saturated heterocycles. The minimum Gasteiger partial charge on any atom is -0.378 e. The summed E-state index contributed by atoms with van der Waals surface area (Å²) in [4.78, 5) is 3.38. The molecule has 1 N–H and O–H groups in total. The fourth-order valence-corrected chi connectivity index (χ4v) is 2.27. The Morgan fingerprint density at radius 3 is 2.89 bits per heavy atom. The number of aromatic amines is 1. The van der Waals surface area contributed by atoms with Crippen molar-refractivity contribution in [3.8, 4) is 0 Å². The van der Waals surface area contributed by atoms with Crippen molar-refractivity contribution in [3.63, 3.8) is 0 Å². The van der Waals surface area contributed by atoms with Gasteiger partial charge in [-0.25, -0.2) is 0 Å². The Morgan fingerprint density at radius 2 is 2.06 bits per heavy atom. The van der Waals surface area contributed by atoms with E-state index in [0.717, 1.165) is 32.0 Å². The average molecular weight is 243 g/mol. The third kappa shape index (κ3) is 2.11. The predicted molar refractivity (Wildman–Crippen MR) is 73.0 cm³/mol.